The Morgan fingerprint density at radius 3 is 2.55 bits per heavy atom. The highest BCUT2D eigenvalue weighted by molar-refractivity contribution is 5.66. The van der Waals surface area contributed by atoms with Crippen LogP contribution in [-0.2, 0) is 23.8 Å². The zero-order chi connectivity index (χ0) is 22.2. The summed E-state index contributed by atoms with van der Waals surface area (Å²) in [5.74, 6) is 1.54. The Morgan fingerprint density at radius 1 is 1.06 bits per heavy atom. The Bertz CT molecular complexity index is 767. The maximum Gasteiger partial charge on any atom is 0.302 e. The largest absolute Gasteiger partial charge is 0.463 e. The SMILES string of the molecule is CC(=O)O[C@H]1CC[C@]23CO[C@H](C[C@H]4[C@@H]5CC[C@H]([C@@H](C)OC(C)=O)[C@@]5(C)CC[C@@H]42)[C@@]3(O)C1. The summed E-state index contributed by atoms with van der Waals surface area (Å²) >= 11 is 0. The van der Waals surface area contributed by atoms with Gasteiger partial charge in [-0.3, -0.25) is 9.59 Å². The summed E-state index contributed by atoms with van der Waals surface area (Å²) in [7, 11) is 0. The molecule has 1 N–H and O–H groups in total. The minimum atomic E-state index is -0.886. The van der Waals surface area contributed by atoms with Crippen LogP contribution in [0.1, 0.15) is 79.1 Å². The first-order chi connectivity index (χ1) is 14.6. The Balaban J connectivity index is 1.41. The maximum absolute atomic E-state index is 12.0. The van der Waals surface area contributed by atoms with Crippen LogP contribution >= 0.6 is 0 Å². The molecule has 5 aliphatic rings. The summed E-state index contributed by atoms with van der Waals surface area (Å²) in [6, 6.07) is 0. The topological polar surface area (TPSA) is 82.1 Å². The lowest BCUT2D eigenvalue weighted by Crippen LogP contribution is -2.66. The first-order valence-electron chi connectivity index (χ1n) is 12.3. The van der Waals surface area contributed by atoms with Gasteiger partial charge in [0, 0.05) is 31.6 Å². The van der Waals surface area contributed by atoms with Gasteiger partial charge in [-0.05, 0) is 75.0 Å². The summed E-state index contributed by atoms with van der Waals surface area (Å²) in [6.45, 7) is 8.08. The van der Waals surface area contributed by atoms with Crippen molar-refractivity contribution in [2.24, 2.45) is 34.5 Å². The summed E-state index contributed by atoms with van der Waals surface area (Å²) in [4.78, 5) is 23.1. The predicted octanol–water partition coefficient (Wildman–Crippen LogP) is 3.63. The van der Waals surface area contributed by atoms with Crippen LogP contribution in [0.4, 0.5) is 0 Å². The van der Waals surface area contributed by atoms with E-state index in [1.807, 2.05) is 0 Å². The molecule has 2 bridgehead atoms. The van der Waals surface area contributed by atoms with Gasteiger partial charge in [0.05, 0.1) is 12.7 Å². The summed E-state index contributed by atoms with van der Waals surface area (Å²) in [5.41, 5.74) is -0.919. The zero-order valence-corrected chi connectivity index (χ0v) is 19.4. The van der Waals surface area contributed by atoms with Crippen LogP contribution in [0.3, 0.4) is 0 Å². The molecule has 0 unspecified atom stereocenters. The second-order valence-corrected chi connectivity index (χ2v) is 11.5. The van der Waals surface area contributed by atoms with Gasteiger partial charge in [0.25, 0.3) is 0 Å². The minimum absolute atomic E-state index is 0.0464. The third kappa shape index (κ3) is 2.96. The molecule has 10 atom stereocenters. The maximum atomic E-state index is 12.0. The molecular weight excluding hydrogens is 396 g/mol. The van der Waals surface area contributed by atoms with Crippen molar-refractivity contribution >= 4 is 11.9 Å². The first-order valence-corrected chi connectivity index (χ1v) is 12.3. The van der Waals surface area contributed by atoms with Crippen molar-refractivity contribution in [3.8, 4) is 0 Å². The van der Waals surface area contributed by atoms with Crippen LogP contribution in [0, 0.1) is 34.5 Å². The molecule has 1 saturated heterocycles. The van der Waals surface area contributed by atoms with Gasteiger partial charge in [0.2, 0.25) is 0 Å². The Morgan fingerprint density at radius 2 is 1.84 bits per heavy atom. The van der Waals surface area contributed by atoms with Crippen LogP contribution in [0.25, 0.3) is 0 Å². The van der Waals surface area contributed by atoms with Crippen molar-refractivity contribution in [3.63, 3.8) is 0 Å². The van der Waals surface area contributed by atoms with Crippen molar-refractivity contribution < 1.29 is 28.9 Å². The number of aliphatic hydroxyl groups is 1. The van der Waals surface area contributed by atoms with Gasteiger partial charge in [0.15, 0.2) is 0 Å². The molecule has 0 amide bonds. The summed E-state index contributed by atoms with van der Waals surface area (Å²) < 4.78 is 17.5. The Labute approximate surface area is 185 Å². The highest BCUT2D eigenvalue weighted by Gasteiger charge is 2.73. The van der Waals surface area contributed by atoms with E-state index in [0.717, 1.165) is 38.5 Å². The highest BCUT2D eigenvalue weighted by Crippen LogP contribution is 2.71. The van der Waals surface area contributed by atoms with E-state index in [1.54, 1.807) is 0 Å². The van der Waals surface area contributed by atoms with Crippen molar-refractivity contribution in [2.75, 3.05) is 6.61 Å². The van der Waals surface area contributed by atoms with E-state index < -0.39 is 5.60 Å². The highest BCUT2D eigenvalue weighted by atomic mass is 16.6. The first kappa shape index (κ1) is 21.7. The van der Waals surface area contributed by atoms with Crippen LogP contribution in [0.2, 0.25) is 0 Å². The number of rotatable bonds is 3. The normalized spacial score (nSPS) is 51.3. The molecule has 0 aromatic carbocycles. The zero-order valence-electron chi connectivity index (χ0n) is 19.4. The van der Waals surface area contributed by atoms with Gasteiger partial charge in [-0.1, -0.05) is 6.92 Å². The molecule has 1 heterocycles. The van der Waals surface area contributed by atoms with Crippen molar-refractivity contribution in [1.82, 2.24) is 0 Å². The van der Waals surface area contributed by atoms with Gasteiger partial charge in [-0.2, -0.15) is 0 Å². The molecule has 0 aromatic heterocycles. The molecule has 6 heteroatoms. The quantitative estimate of drug-likeness (QED) is 0.683. The molecule has 0 radical (unpaired) electrons. The van der Waals surface area contributed by atoms with E-state index in [4.69, 9.17) is 14.2 Å². The fraction of sp³-hybridized carbons (Fsp3) is 0.920. The lowest BCUT2D eigenvalue weighted by Gasteiger charge is -2.62. The second-order valence-electron chi connectivity index (χ2n) is 11.5. The van der Waals surface area contributed by atoms with E-state index in [9.17, 15) is 14.7 Å². The smallest absolute Gasteiger partial charge is 0.302 e. The second kappa shape index (κ2) is 7.18. The molecular formula is C25H38O6. The molecule has 31 heavy (non-hydrogen) atoms. The van der Waals surface area contributed by atoms with E-state index in [-0.39, 0.29) is 41.1 Å². The van der Waals surface area contributed by atoms with Crippen LogP contribution in [0.15, 0.2) is 0 Å². The van der Waals surface area contributed by atoms with Crippen LogP contribution < -0.4 is 0 Å². The monoisotopic (exact) mass is 434 g/mol. The predicted molar refractivity (Wildman–Crippen MR) is 113 cm³/mol. The summed E-state index contributed by atoms with van der Waals surface area (Å²) in [5, 5.41) is 12.0. The third-order valence-electron chi connectivity index (χ3n) is 10.3. The molecule has 4 aliphatic carbocycles. The van der Waals surface area contributed by atoms with Gasteiger partial charge in [-0.25, -0.2) is 0 Å². The lowest BCUT2D eigenvalue weighted by atomic mass is 9.43. The fourth-order valence-corrected chi connectivity index (χ4v) is 9.24. The molecule has 174 valence electrons. The van der Waals surface area contributed by atoms with Gasteiger partial charge in [0.1, 0.15) is 17.8 Å². The van der Waals surface area contributed by atoms with E-state index >= 15 is 0 Å². The van der Waals surface area contributed by atoms with Crippen molar-refractivity contribution in [2.45, 2.75) is 103 Å². The van der Waals surface area contributed by atoms with Crippen molar-refractivity contribution in [1.29, 1.82) is 0 Å². The number of carbonyl (C=O) groups excluding carboxylic acids is 2. The lowest BCUT2D eigenvalue weighted by molar-refractivity contribution is -0.219. The number of esters is 2. The van der Waals surface area contributed by atoms with E-state index in [0.29, 0.717) is 36.7 Å². The Kier molecular flexibility index (Phi) is 5.02. The number of fused-ring (bicyclic) bond motifs is 3. The molecule has 4 saturated carbocycles. The average Bonchev–Trinajstić information content (AvgIpc) is 3.10. The van der Waals surface area contributed by atoms with E-state index in [1.165, 1.54) is 20.3 Å². The molecule has 6 nitrogen and oxygen atoms in total. The Hall–Kier alpha value is -1.14. The average molecular weight is 435 g/mol. The molecule has 0 spiro atoms. The number of ether oxygens (including phenoxy) is 3. The fourth-order valence-electron chi connectivity index (χ4n) is 9.24. The van der Waals surface area contributed by atoms with Crippen LogP contribution in [-0.4, -0.2) is 47.6 Å². The van der Waals surface area contributed by atoms with Gasteiger partial charge >= 0.3 is 11.9 Å². The van der Waals surface area contributed by atoms with E-state index in [2.05, 4.69) is 13.8 Å². The standard InChI is InChI=1S/C25H38O6/c1-14(30-15(2)26)19-5-6-20-18-11-22-25(28)12-17(31-16(3)27)7-10-24(25,13-29-22)21(18)8-9-23(19,20)4/h14,17-22,28H,5-13H2,1-4H3/t14-,17+,18+,19-,20+,21+,22-,23-,24+,25+/m1/s1. The van der Waals surface area contributed by atoms with Crippen molar-refractivity contribution in [3.05, 3.63) is 0 Å². The molecule has 5 rings (SSSR count). The minimum Gasteiger partial charge on any atom is -0.463 e. The van der Waals surface area contributed by atoms with Crippen LogP contribution in [0.5, 0.6) is 0 Å². The molecule has 5 fully saturated rings. The van der Waals surface area contributed by atoms with Gasteiger partial charge < -0.3 is 19.3 Å². The molecule has 0 aromatic rings. The number of carbonyl (C=O) groups is 2. The molecule has 1 aliphatic heterocycles. The third-order valence-corrected chi connectivity index (χ3v) is 10.3. The van der Waals surface area contributed by atoms with Gasteiger partial charge in [-0.15, -0.1) is 0 Å². The number of hydrogen-bond acceptors (Lipinski definition) is 6. The number of hydrogen-bond donors (Lipinski definition) is 1. The summed E-state index contributed by atoms with van der Waals surface area (Å²) in [6.07, 6.45) is 7.16.